The number of hydrogen-bond acceptors (Lipinski definition) is 3. The summed E-state index contributed by atoms with van der Waals surface area (Å²) >= 11 is 0. The summed E-state index contributed by atoms with van der Waals surface area (Å²) in [7, 11) is 2.11. The number of nitrogens with zero attached hydrogens (tertiary/aromatic N) is 2. The Bertz CT molecular complexity index is 386. The number of rotatable bonds is 4. The number of hydrogen-bond donors (Lipinski definition) is 1. The van der Waals surface area contributed by atoms with Crippen LogP contribution in [-0.4, -0.2) is 23.7 Å². The smallest absolute Gasteiger partial charge is 0.128 e. The highest BCUT2D eigenvalue weighted by Gasteiger charge is 2.16. The lowest BCUT2D eigenvalue weighted by Gasteiger charge is -2.28. The molecule has 3 heteroatoms. The fourth-order valence-electron chi connectivity index (χ4n) is 2.86. The fraction of sp³-hybridized carbons (Fsp3) is 0.667. The van der Waals surface area contributed by atoms with Crippen molar-refractivity contribution in [1.82, 2.24) is 4.98 Å². The van der Waals surface area contributed by atoms with Crippen molar-refractivity contribution in [2.24, 2.45) is 5.92 Å². The maximum absolute atomic E-state index is 9.24. The number of anilines is 1. The molecule has 0 saturated heterocycles. The normalized spacial score (nSPS) is 16.8. The monoisotopic (exact) mass is 248 g/mol. The summed E-state index contributed by atoms with van der Waals surface area (Å²) in [6.07, 6.45) is 6.85. The largest absolute Gasteiger partial charge is 0.392 e. The molecule has 1 fully saturated rings. The topological polar surface area (TPSA) is 36.4 Å². The minimum Gasteiger partial charge on any atom is -0.392 e. The van der Waals surface area contributed by atoms with Crippen LogP contribution in [0.25, 0.3) is 0 Å². The summed E-state index contributed by atoms with van der Waals surface area (Å²) in [6.45, 7) is 3.16. The molecule has 3 nitrogen and oxygen atoms in total. The summed E-state index contributed by atoms with van der Waals surface area (Å²) < 4.78 is 0. The Hall–Kier alpha value is -1.09. The lowest BCUT2D eigenvalue weighted by atomic mass is 9.89. The van der Waals surface area contributed by atoms with Crippen molar-refractivity contribution in [3.63, 3.8) is 0 Å². The highest BCUT2D eigenvalue weighted by atomic mass is 16.3. The average molecular weight is 248 g/mol. The zero-order chi connectivity index (χ0) is 13.0. The lowest BCUT2D eigenvalue weighted by Crippen LogP contribution is -2.27. The first-order valence-corrected chi connectivity index (χ1v) is 6.98. The van der Waals surface area contributed by atoms with Crippen molar-refractivity contribution >= 4 is 5.82 Å². The number of aliphatic hydroxyl groups excluding tert-OH is 1. The highest BCUT2D eigenvalue weighted by Crippen LogP contribution is 2.25. The third-order valence-electron chi connectivity index (χ3n) is 3.83. The second-order valence-corrected chi connectivity index (χ2v) is 5.52. The molecule has 0 radical (unpaired) electrons. The van der Waals surface area contributed by atoms with E-state index in [1.807, 2.05) is 19.1 Å². The van der Waals surface area contributed by atoms with Gasteiger partial charge in [0.25, 0.3) is 0 Å². The van der Waals surface area contributed by atoms with Gasteiger partial charge in [-0.05, 0) is 43.4 Å². The van der Waals surface area contributed by atoms with Crippen molar-refractivity contribution in [2.75, 3.05) is 18.5 Å². The molecule has 1 aromatic heterocycles. The Morgan fingerprint density at radius 1 is 1.28 bits per heavy atom. The Kier molecular flexibility index (Phi) is 4.59. The van der Waals surface area contributed by atoms with Crippen molar-refractivity contribution < 1.29 is 5.11 Å². The molecule has 1 N–H and O–H groups in total. The van der Waals surface area contributed by atoms with Crippen LogP contribution in [-0.2, 0) is 6.61 Å². The molecular weight excluding hydrogens is 224 g/mol. The Morgan fingerprint density at radius 2 is 2.00 bits per heavy atom. The second kappa shape index (κ2) is 6.19. The van der Waals surface area contributed by atoms with E-state index < -0.39 is 0 Å². The van der Waals surface area contributed by atoms with Crippen LogP contribution in [0.4, 0.5) is 5.82 Å². The molecule has 100 valence electrons. The molecular formula is C15H24N2O. The van der Waals surface area contributed by atoms with Gasteiger partial charge < -0.3 is 10.0 Å². The summed E-state index contributed by atoms with van der Waals surface area (Å²) in [5.41, 5.74) is 1.93. The van der Waals surface area contributed by atoms with Crippen LogP contribution in [0.3, 0.4) is 0 Å². The van der Waals surface area contributed by atoms with Gasteiger partial charge in [-0.2, -0.15) is 0 Å². The Balaban J connectivity index is 2.02. The summed E-state index contributed by atoms with van der Waals surface area (Å²) in [4.78, 5) is 6.80. The van der Waals surface area contributed by atoms with Crippen molar-refractivity contribution in [3.05, 3.63) is 23.4 Å². The van der Waals surface area contributed by atoms with Crippen molar-refractivity contribution in [2.45, 2.75) is 45.6 Å². The van der Waals surface area contributed by atoms with Gasteiger partial charge in [0.2, 0.25) is 0 Å². The van der Waals surface area contributed by atoms with Gasteiger partial charge in [0.1, 0.15) is 5.82 Å². The van der Waals surface area contributed by atoms with Crippen LogP contribution in [0.5, 0.6) is 0 Å². The molecule has 0 unspecified atom stereocenters. The van der Waals surface area contributed by atoms with E-state index in [1.165, 1.54) is 32.1 Å². The van der Waals surface area contributed by atoms with E-state index in [0.717, 1.165) is 29.5 Å². The van der Waals surface area contributed by atoms with Crippen molar-refractivity contribution in [3.8, 4) is 0 Å². The van der Waals surface area contributed by atoms with Crippen LogP contribution in [0.2, 0.25) is 0 Å². The number of aliphatic hydroxyl groups is 1. The standard InChI is InChI=1S/C15H24N2O/c1-12-8-14(11-18)9-15(16-12)17(2)10-13-6-4-3-5-7-13/h8-9,13,18H,3-7,10-11H2,1-2H3. The second-order valence-electron chi connectivity index (χ2n) is 5.52. The molecule has 1 aliphatic carbocycles. The fourth-order valence-corrected chi connectivity index (χ4v) is 2.86. The zero-order valence-corrected chi connectivity index (χ0v) is 11.5. The van der Waals surface area contributed by atoms with Crippen LogP contribution >= 0.6 is 0 Å². The molecule has 0 aromatic carbocycles. The lowest BCUT2D eigenvalue weighted by molar-refractivity contribution is 0.281. The SMILES string of the molecule is Cc1cc(CO)cc(N(C)CC2CCCCC2)n1. The number of aromatic nitrogens is 1. The van der Waals surface area contributed by atoms with E-state index >= 15 is 0 Å². The van der Waals surface area contributed by atoms with Crippen LogP contribution < -0.4 is 4.90 Å². The quantitative estimate of drug-likeness (QED) is 0.890. The molecule has 0 aliphatic heterocycles. The molecule has 0 spiro atoms. The first-order valence-electron chi connectivity index (χ1n) is 6.98. The average Bonchev–Trinajstić information content (AvgIpc) is 2.39. The van der Waals surface area contributed by atoms with Crippen LogP contribution in [0, 0.1) is 12.8 Å². The van der Waals surface area contributed by atoms with Gasteiger partial charge >= 0.3 is 0 Å². The molecule has 2 rings (SSSR count). The maximum atomic E-state index is 9.24. The van der Waals surface area contributed by atoms with E-state index in [-0.39, 0.29) is 6.61 Å². The van der Waals surface area contributed by atoms with Gasteiger partial charge in [-0.1, -0.05) is 19.3 Å². The number of aryl methyl sites for hydroxylation is 1. The van der Waals surface area contributed by atoms with E-state index in [4.69, 9.17) is 0 Å². The van der Waals surface area contributed by atoms with Crippen LogP contribution in [0.1, 0.15) is 43.4 Å². The van der Waals surface area contributed by atoms with Gasteiger partial charge in [0.15, 0.2) is 0 Å². The summed E-state index contributed by atoms with van der Waals surface area (Å²) in [6, 6.07) is 3.94. The first-order chi connectivity index (χ1) is 8.69. The third kappa shape index (κ3) is 3.45. The van der Waals surface area contributed by atoms with Gasteiger partial charge in [-0.15, -0.1) is 0 Å². The minimum atomic E-state index is 0.0909. The molecule has 1 heterocycles. The Labute approximate surface area is 110 Å². The maximum Gasteiger partial charge on any atom is 0.128 e. The van der Waals surface area contributed by atoms with Gasteiger partial charge in [-0.3, -0.25) is 0 Å². The molecule has 0 bridgehead atoms. The van der Waals surface area contributed by atoms with Crippen molar-refractivity contribution in [1.29, 1.82) is 0 Å². The summed E-state index contributed by atoms with van der Waals surface area (Å²) in [5.74, 6) is 1.80. The Morgan fingerprint density at radius 3 is 2.67 bits per heavy atom. The highest BCUT2D eigenvalue weighted by molar-refractivity contribution is 5.41. The van der Waals surface area contributed by atoms with E-state index in [1.54, 1.807) is 0 Å². The molecule has 1 aliphatic rings. The van der Waals surface area contributed by atoms with Gasteiger partial charge in [0, 0.05) is 19.3 Å². The molecule has 1 saturated carbocycles. The van der Waals surface area contributed by atoms with Gasteiger partial charge in [0.05, 0.1) is 6.61 Å². The molecule has 18 heavy (non-hydrogen) atoms. The van der Waals surface area contributed by atoms with E-state index in [9.17, 15) is 5.11 Å². The zero-order valence-electron chi connectivity index (χ0n) is 11.5. The molecule has 0 atom stereocenters. The third-order valence-corrected chi connectivity index (χ3v) is 3.83. The molecule has 1 aromatic rings. The predicted molar refractivity (Wildman–Crippen MR) is 74.7 cm³/mol. The predicted octanol–water partition coefficient (Wildman–Crippen LogP) is 2.90. The van der Waals surface area contributed by atoms with Crippen LogP contribution in [0.15, 0.2) is 12.1 Å². The minimum absolute atomic E-state index is 0.0909. The van der Waals surface area contributed by atoms with E-state index in [2.05, 4.69) is 16.9 Å². The van der Waals surface area contributed by atoms with Gasteiger partial charge in [-0.25, -0.2) is 4.98 Å². The summed E-state index contributed by atoms with van der Waals surface area (Å²) in [5, 5.41) is 9.24. The first kappa shape index (κ1) is 13.3. The molecule has 0 amide bonds. The number of pyridine rings is 1. The van der Waals surface area contributed by atoms with E-state index in [0.29, 0.717) is 0 Å².